The van der Waals surface area contributed by atoms with E-state index in [-0.39, 0.29) is 10.8 Å². The first-order valence-electron chi connectivity index (χ1n) is 3.91. The molecule has 14 heavy (non-hydrogen) atoms. The minimum atomic E-state index is -0.914. The predicted molar refractivity (Wildman–Crippen MR) is 50.4 cm³/mol. The van der Waals surface area contributed by atoms with Gasteiger partial charge < -0.3 is 0 Å². The first-order valence-corrected chi connectivity index (χ1v) is 4.29. The van der Waals surface area contributed by atoms with E-state index in [1.54, 1.807) is 0 Å². The van der Waals surface area contributed by atoms with Crippen molar-refractivity contribution in [1.29, 1.82) is 5.26 Å². The Kier molecular flexibility index (Phi) is 3.21. The van der Waals surface area contributed by atoms with Crippen LogP contribution in [0.2, 0.25) is 5.02 Å². The summed E-state index contributed by atoms with van der Waals surface area (Å²) in [5.74, 6) is -1.71. The Hall–Kier alpha value is -1.40. The SMILES string of the molecule is CC(=O)[C@@H](C#N)c1ccc(F)cc1Cl. The van der Waals surface area contributed by atoms with E-state index >= 15 is 0 Å². The van der Waals surface area contributed by atoms with E-state index in [1.807, 2.05) is 6.07 Å². The molecule has 0 bridgehead atoms. The van der Waals surface area contributed by atoms with Gasteiger partial charge in [0.05, 0.1) is 6.07 Å². The fourth-order valence-corrected chi connectivity index (χ4v) is 1.39. The van der Waals surface area contributed by atoms with Crippen LogP contribution in [0.4, 0.5) is 4.39 Å². The molecular formula is C10H7ClFNO. The van der Waals surface area contributed by atoms with Crippen LogP contribution in [-0.2, 0) is 4.79 Å². The van der Waals surface area contributed by atoms with Crippen LogP contribution in [0.1, 0.15) is 18.4 Å². The highest BCUT2D eigenvalue weighted by molar-refractivity contribution is 6.31. The third kappa shape index (κ3) is 2.09. The maximum atomic E-state index is 12.7. The van der Waals surface area contributed by atoms with Gasteiger partial charge in [-0.05, 0) is 24.6 Å². The van der Waals surface area contributed by atoms with Gasteiger partial charge in [0.25, 0.3) is 0 Å². The average molecular weight is 212 g/mol. The van der Waals surface area contributed by atoms with Crippen LogP contribution in [-0.4, -0.2) is 5.78 Å². The monoisotopic (exact) mass is 211 g/mol. The molecule has 0 amide bonds. The van der Waals surface area contributed by atoms with Gasteiger partial charge in [-0.15, -0.1) is 0 Å². The van der Waals surface area contributed by atoms with Gasteiger partial charge in [-0.3, -0.25) is 4.79 Å². The lowest BCUT2D eigenvalue weighted by Gasteiger charge is -2.07. The largest absolute Gasteiger partial charge is 0.298 e. The lowest BCUT2D eigenvalue weighted by atomic mass is 9.97. The standard InChI is InChI=1S/C10H7ClFNO/c1-6(14)9(5-13)8-3-2-7(12)4-10(8)11/h2-4,9H,1H3/t9-/m1/s1. The molecule has 0 aromatic heterocycles. The number of benzene rings is 1. The summed E-state index contributed by atoms with van der Waals surface area (Å²) in [4.78, 5) is 11.0. The summed E-state index contributed by atoms with van der Waals surface area (Å²) >= 11 is 5.70. The van der Waals surface area contributed by atoms with Crippen molar-refractivity contribution in [2.45, 2.75) is 12.8 Å². The second kappa shape index (κ2) is 4.21. The van der Waals surface area contributed by atoms with E-state index in [9.17, 15) is 9.18 Å². The molecule has 0 aliphatic carbocycles. The quantitative estimate of drug-likeness (QED) is 0.755. The molecule has 0 aliphatic rings. The van der Waals surface area contributed by atoms with E-state index in [0.29, 0.717) is 5.56 Å². The topological polar surface area (TPSA) is 40.9 Å². The van der Waals surface area contributed by atoms with Crippen molar-refractivity contribution in [2.75, 3.05) is 0 Å². The molecule has 0 spiro atoms. The van der Waals surface area contributed by atoms with Gasteiger partial charge in [-0.25, -0.2) is 4.39 Å². The summed E-state index contributed by atoms with van der Waals surface area (Å²) in [5.41, 5.74) is 0.350. The zero-order chi connectivity index (χ0) is 10.7. The third-order valence-electron chi connectivity index (χ3n) is 1.81. The Morgan fingerprint density at radius 3 is 2.71 bits per heavy atom. The number of ketones is 1. The minimum Gasteiger partial charge on any atom is -0.298 e. The molecule has 72 valence electrons. The van der Waals surface area contributed by atoms with Crippen molar-refractivity contribution in [2.24, 2.45) is 0 Å². The fraction of sp³-hybridized carbons (Fsp3) is 0.200. The summed E-state index contributed by atoms with van der Waals surface area (Å²) in [5, 5.41) is 8.82. The highest BCUT2D eigenvalue weighted by Gasteiger charge is 2.18. The van der Waals surface area contributed by atoms with Crippen molar-refractivity contribution in [3.8, 4) is 6.07 Å². The number of carbonyl (C=O) groups is 1. The van der Waals surface area contributed by atoms with Crippen molar-refractivity contribution in [1.82, 2.24) is 0 Å². The van der Waals surface area contributed by atoms with Crippen LogP contribution in [0.3, 0.4) is 0 Å². The highest BCUT2D eigenvalue weighted by Crippen LogP contribution is 2.25. The number of carbonyl (C=O) groups excluding carboxylic acids is 1. The number of nitrogens with zero attached hydrogens (tertiary/aromatic N) is 1. The summed E-state index contributed by atoms with van der Waals surface area (Å²) in [6, 6.07) is 5.44. The number of rotatable bonds is 2. The first-order chi connectivity index (χ1) is 6.56. The van der Waals surface area contributed by atoms with E-state index in [2.05, 4.69) is 0 Å². The molecule has 1 rings (SSSR count). The second-order valence-corrected chi connectivity index (χ2v) is 3.25. The Balaban J connectivity index is 3.19. The molecule has 0 aliphatic heterocycles. The Bertz CT molecular complexity index is 411. The zero-order valence-electron chi connectivity index (χ0n) is 7.42. The van der Waals surface area contributed by atoms with Gasteiger partial charge in [-0.1, -0.05) is 17.7 Å². The molecule has 0 radical (unpaired) electrons. The summed E-state index contributed by atoms with van der Waals surface area (Å²) in [6.07, 6.45) is 0. The molecule has 0 unspecified atom stereocenters. The molecule has 0 N–H and O–H groups in total. The number of Topliss-reactive ketones (excluding diaryl/α,β-unsaturated/α-hetero) is 1. The molecule has 0 saturated heterocycles. The molecule has 0 saturated carbocycles. The van der Waals surface area contributed by atoms with Crippen LogP contribution >= 0.6 is 11.6 Å². The summed E-state index contributed by atoms with van der Waals surface area (Å²) < 4.78 is 12.7. The van der Waals surface area contributed by atoms with Crippen molar-refractivity contribution in [3.05, 3.63) is 34.6 Å². The molecule has 2 nitrogen and oxygen atoms in total. The number of halogens is 2. The van der Waals surface area contributed by atoms with E-state index < -0.39 is 11.7 Å². The third-order valence-corrected chi connectivity index (χ3v) is 2.14. The molecule has 1 atom stereocenters. The lowest BCUT2D eigenvalue weighted by molar-refractivity contribution is -0.117. The highest BCUT2D eigenvalue weighted by atomic mass is 35.5. The van der Waals surface area contributed by atoms with Crippen molar-refractivity contribution >= 4 is 17.4 Å². The van der Waals surface area contributed by atoms with Crippen LogP contribution in [0.5, 0.6) is 0 Å². The van der Waals surface area contributed by atoms with E-state index in [1.165, 1.54) is 19.1 Å². The minimum absolute atomic E-state index is 0.103. The maximum Gasteiger partial charge on any atom is 0.151 e. The molecule has 1 aromatic carbocycles. The van der Waals surface area contributed by atoms with Crippen LogP contribution < -0.4 is 0 Å². The fourth-order valence-electron chi connectivity index (χ4n) is 1.12. The van der Waals surface area contributed by atoms with Gasteiger partial charge >= 0.3 is 0 Å². The van der Waals surface area contributed by atoms with Gasteiger partial charge in [0, 0.05) is 5.02 Å². The average Bonchev–Trinajstić information content (AvgIpc) is 2.09. The van der Waals surface area contributed by atoms with Crippen molar-refractivity contribution < 1.29 is 9.18 Å². The smallest absolute Gasteiger partial charge is 0.151 e. The number of nitriles is 1. The normalized spacial score (nSPS) is 11.9. The number of hydrogen-bond donors (Lipinski definition) is 0. The van der Waals surface area contributed by atoms with Crippen LogP contribution in [0.25, 0.3) is 0 Å². The van der Waals surface area contributed by atoms with Gasteiger partial charge in [-0.2, -0.15) is 5.26 Å². The Labute approximate surface area is 85.9 Å². The van der Waals surface area contributed by atoms with Gasteiger partial charge in [0.2, 0.25) is 0 Å². The maximum absolute atomic E-state index is 12.7. The Morgan fingerprint density at radius 1 is 1.64 bits per heavy atom. The summed E-state index contributed by atoms with van der Waals surface area (Å²) in [6.45, 7) is 1.30. The molecule has 0 fully saturated rings. The molecular weight excluding hydrogens is 205 g/mol. The molecule has 0 heterocycles. The molecule has 1 aromatic rings. The van der Waals surface area contributed by atoms with Crippen LogP contribution in [0, 0.1) is 17.1 Å². The van der Waals surface area contributed by atoms with E-state index in [4.69, 9.17) is 16.9 Å². The van der Waals surface area contributed by atoms with E-state index in [0.717, 1.165) is 6.07 Å². The second-order valence-electron chi connectivity index (χ2n) is 2.84. The van der Waals surface area contributed by atoms with Crippen LogP contribution in [0.15, 0.2) is 18.2 Å². The Morgan fingerprint density at radius 2 is 2.29 bits per heavy atom. The predicted octanol–water partition coefficient (Wildman–Crippen LogP) is 2.68. The lowest BCUT2D eigenvalue weighted by Crippen LogP contribution is -2.06. The summed E-state index contributed by atoms with van der Waals surface area (Å²) in [7, 11) is 0. The molecule has 4 heteroatoms. The zero-order valence-corrected chi connectivity index (χ0v) is 8.18. The van der Waals surface area contributed by atoms with Gasteiger partial charge in [0.15, 0.2) is 5.78 Å². The van der Waals surface area contributed by atoms with Gasteiger partial charge in [0.1, 0.15) is 11.7 Å². The first kappa shape index (κ1) is 10.7. The number of hydrogen-bond acceptors (Lipinski definition) is 2. The van der Waals surface area contributed by atoms with Crippen molar-refractivity contribution in [3.63, 3.8) is 0 Å².